The maximum absolute atomic E-state index is 9.09. The van der Waals surface area contributed by atoms with Crippen LogP contribution in [0.5, 0.6) is 0 Å². The average molecular weight is 199 g/mol. The number of rotatable bonds is 4. The molecule has 0 aliphatic carbocycles. The lowest BCUT2D eigenvalue weighted by molar-refractivity contribution is 0.181. The summed E-state index contributed by atoms with van der Waals surface area (Å²) in [7, 11) is 0. The van der Waals surface area contributed by atoms with E-state index >= 15 is 0 Å². The second-order valence-corrected chi connectivity index (χ2v) is 3.83. The largest absolute Gasteiger partial charge is 0.393 e. The Hall–Kier alpha value is -0.530. The molecule has 0 heterocycles. The van der Waals surface area contributed by atoms with Gasteiger partial charge in [0, 0.05) is 0 Å². The zero-order chi connectivity index (χ0) is 9.68. The van der Waals surface area contributed by atoms with E-state index in [1.807, 2.05) is 30.3 Å². The topological polar surface area (TPSA) is 20.2 Å². The lowest BCUT2D eigenvalue weighted by atomic mass is 10.1. The van der Waals surface area contributed by atoms with Gasteiger partial charge in [-0.25, -0.2) is 0 Å². The van der Waals surface area contributed by atoms with Crippen LogP contribution in [0.2, 0.25) is 0 Å². The van der Waals surface area contributed by atoms with Gasteiger partial charge in [0.2, 0.25) is 0 Å². The van der Waals surface area contributed by atoms with Crippen LogP contribution in [-0.4, -0.2) is 11.2 Å². The Morgan fingerprint density at radius 3 is 2.38 bits per heavy atom. The third kappa shape index (κ3) is 3.79. The second kappa shape index (κ2) is 5.25. The molecule has 0 aliphatic heterocycles. The van der Waals surface area contributed by atoms with E-state index in [1.165, 1.54) is 0 Å². The van der Waals surface area contributed by atoms with Crippen LogP contribution >= 0.6 is 11.6 Å². The first kappa shape index (κ1) is 10.6. The summed E-state index contributed by atoms with van der Waals surface area (Å²) in [6.07, 6.45) is 1.32. The van der Waals surface area contributed by atoms with Crippen molar-refractivity contribution in [2.45, 2.75) is 31.2 Å². The molecule has 2 unspecified atom stereocenters. The molecular formula is C11H15ClO. The van der Waals surface area contributed by atoms with Gasteiger partial charge in [0.25, 0.3) is 0 Å². The van der Waals surface area contributed by atoms with E-state index in [0.29, 0.717) is 0 Å². The standard InChI is InChI=1S/C11H15ClO/c1-9(13)7-8-11(12)10-5-3-2-4-6-10/h2-6,9,11,13H,7-8H2,1H3. The fourth-order valence-electron chi connectivity index (χ4n) is 1.22. The monoisotopic (exact) mass is 198 g/mol. The molecular weight excluding hydrogens is 184 g/mol. The predicted octanol–water partition coefficient (Wildman–Crippen LogP) is 3.13. The van der Waals surface area contributed by atoms with Crippen molar-refractivity contribution in [2.24, 2.45) is 0 Å². The van der Waals surface area contributed by atoms with E-state index in [0.717, 1.165) is 18.4 Å². The normalized spacial score (nSPS) is 15.3. The van der Waals surface area contributed by atoms with Crippen LogP contribution in [0, 0.1) is 0 Å². The van der Waals surface area contributed by atoms with E-state index in [4.69, 9.17) is 16.7 Å². The molecule has 13 heavy (non-hydrogen) atoms. The third-order valence-electron chi connectivity index (χ3n) is 2.00. The highest BCUT2D eigenvalue weighted by Crippen LogP contribution is 2.25. The summed E-state index contributed by atoms with van der Waals surface area (Å²) < 4.78 is 0. The zero-order valence-electron chi connectivity index (χ0n) is 7.78. The molecule has 1 aromatic rings. The molecule has 0 saturated heterocycles. The summed E-state index contributed by atoms with van der Waals surface area (Å²) in [6, 6.07) is 9.96. The number of alkyl halides is 1. The van der Waals surface area contributed by atoms with Crippen LogP contribution in [0.1, 0.15) is 30.7 Å². The van der Waals surface area contributed by atoms with E-state index in [1.54, 1.807) is 6.92 Å². The molecule has 0 radical (unpaired) electrons. The highest BCUT2D eigenvalue weighted by Gasteiger charge is 2.07. The van der Waals surface area contributed by atoms with Crippen LogP contribution in [0.25, 0.3) is 0 Å². The summed E-state index contributed by atoms with van der Waals surface area (Å²) in [5, 5.41) is 9.11. The molecule has 0 amide bonds. The Labute approximate surface area is 84.4 Å². The van der Waals surface area contributed by atoms with Gasteiger partial charge in [0.15, 0.2) is 0 Å². The number of hydrogen-bond acceptors (Lipinski definition) is 1. The minimum absolute atomic E-state index is 0.0239. The van der Waals surface area contributed by atoms with E-state index in [-0.39, 0.29) is 11.5 Å². The molecule has 0 bridgehead atoms. The molecule has 0 fully saturated rings. The van der Waals surface area contributed by atoms with Gasteiger partial charge >= 0.3 is 0 Å². The fraction of sp³-hybridized carbons (Fsp3) is 0.455. The lowest BCUT2D eigenvalue weighted by Gasteiger charge is -2.10. The number of benzene rings is 1. The number of hydrogen-bond donors (Lipinski definition) is 1. The lowest BCUT2D eigenvalue weighted by Crippen LogP contribution is -2.01. The van der Waals surface area contributed by atoms with Crippen LogP contribution in [0.4, 0.5) is 0 Å². The SMILES string of the molecule is CC(O)CCC(Cl)c1ccccc1. The Bertz CT molecular complexity index is 233. The van der Waals surface area contributed by atoms with Crippen LogP contribution in [0.3, 0.4) is 0 Å². The molecule has 0 aliphatic rings. The first-order chi connectivity index (χ1) is 6.20. The van der Waals surface area contributed by atoms with Crippen LogP contribution < -0.4 is 0 Å². The summed E-state index contributed by atoms with van der Waals surface area (Å²) in [4.78, 5) is 0. The first-order valence-electron chi connectivity index (χ1n) is 4.57. The molecule has 2 atom stereocenters. The molecule has 0 spiro atoms. The van der Waals surface area contributed by atoms with E-state index in [9.17, 15) is 0 Å². The van der Waals surface area contributed by atoms with Gasteiger partial charge < -0.3 is 5.11 Å². The molecule has 0 saturated carbocycles. The van der Waals surface area contributed by atoms with Crippen molar-refractivity contribution in [1.29, 1.82) is 0 Å². The zero-order valence-corrected chi connectivity index (χ0v) is 8.54. The van der Waals surface area contributed by atoms with Crippen molar-refractivity contribution in [3.05, 3.63) is 35.9 Å². The molecule has 1 rings (SSSR count). The van der Waals surface area contributed by atoms with Gasteiger partial charge in [-0.15, -0.1) is 11.6 Å². The number of aliphatic hydroxyl groups is 1. The first-order valence-corrected chi connectivity index (χ1v) is 5.01. The quantitative estimate of drug-likeness (QED) is 0.738. The van der Waals surface area contributed by atoms with Crippen molar-refractivity contribution in [2.75, 3.05) is 0 Å². The van der Waals surface area contributed by atoms with Crippen LogP contribution in [-0.2, 0) is 0 Å². The maximum Gasteiger partial charge on any atom is 0.0586 e. The van der Waals surface area contributed by atoms with Gasteiger partial charge in [0.1, 0.15) is 0 Å². The second-order valence-electron chi connectivity index (χ2n) is 3.30. The molecule has 1 aromatic carbocycles. The molecule has 1 N–H and O–H groups in total. The molecule has 2 heteroatoms. The minimum Gasteiger partial charge on any atom is -0.393 e. The van der Waals surface area contributed by atoms with Crippen molar-refractivity contribution >= 4 is 11.6 Å². The van der Waals surface area contributed by atoms with Gasteiger partial charge in [0.05, 0.1) is 11.5 Å². The fourth-order valence-corrected chi connectivity index (χ4v) is 1.49. The third-order valence-corrected chi connectivity index (χ3v) is 2.47. The Balaban J connectivity index is 2.44. The Morgan fingerprint density at radius 1 is 1.23 bits per heavy atom. The molecule has 72 valence electrons. The number of aliphatic hydroxyl groups excluding tert-OH is 1. The summed E-state index contributed by atoms with van der Waals surface area (Å²) in [6.45, 7) is 1.79. The summed E-state index contributed by atoms with van der Waals surface area (Å²) in [5.41, 5.74) is 1.13. The van der Waals surface area contributed by atoms with Crippen molar-refractivity contribution < 1.29 is 5.11 Å². The highest BCUT2D eigenvalue weighted by atomic mass is 35.5. The van der Waals surface area contributed by atoms with Crippen molar-refractivity contribution in [3.63, 3.8) is 0 Å². The van der Waals surface area contributed by atoms with Crippen LogP contribution in [0.15, 0.2) is 30.3 Å². The van der Waals surface area contributed by atoms with E-state index in [2.05, 4.69) is 0 Å². The van der Waals surface area contributed by atoms with Crippen molar-refractivity contribution in [3.8, 4) is 0 Å². The Kier molecular flexibility index (Phi) is 4.26. The van der Waals surface area contributed by atoms with Crippen molar-refractivity contribution in [1.82, 2.24) is 0 Å². The number of halogens is 1. The minimum atomic E-state index is -0.259. The molecule has 0 aromatic heterocycles. The highest BCUT2D eigenvalue weighted by molar-refractivity contribution is 6.20. The van der Waals surface area contributed by atoms with Gasteiger partial charge in [-0.2, -0.15) is 0 Å². The van der Waals surface area contributed by atoms with E-state index < -0.39 is 0 Å². The smallest absolute Gasteiger partial charge is 0.0586 e. The maximum atomic E-state index is 9.09. The molecule has 1 nitrogen and oxygen atoms in total. The van der Waals surface area contributed by atoms with Gasteiger partial charge in [-0.3, -0.25) is 0 Å². The summed E-state index contributed by atoms with van der Waals surface area (Å²) >= 11 is 6.14. The average Bonchev–Trinajstić information content (AvgIpc) is 2.15. The predicted molar refractivity (Wildman–Crippen MR) is 56.0 cm³/mol. The van der Waals surface area contributed by atoms with Gasteiger partial charge in [-0.1, -0.05) is 30.3 Å². The van der Waals surface area contributed by atoms with Gasteiger partial charge in [-0.05, 0) is 25.3 Å². The Morgan fingerprint density at radius 2 is 1.85 bits per heavy atom. The summed E-state index contributed by atoms with van der Waals surface area (Å²) in [5.74, 6) is 0.